The number of carboxylic acid groups (broad SMARTS) is 1. The summed E-state index contributed by atoms with van der Waals surface area (Å²) < 4.78 is 43.7. The molecule has 10 heteroatoms. The molecule has 168 valence electrons. The van der Waals surface area contributed by atoms with Gasteiger partial charge in [0.15, 0.2) is 17.4 Å². The number of aliphatic carboxylic acids is 1. The van der Waals surface area contributed by atoms with E-state index in [0.29, 0.717) is 0 Å². The highest BCUT2D eigenvalue weighted by atomic mass is 19.1. The Morgan fingerprint density at radius 3 is 2.47 bits per heavy atom. The van der Waals surface area contributed by atoms with Gasteiger partial charge in [-0.1, -0.05) is 6.07 Å². The fourth-order valence-electron chi connectivity index (χ4n) is 3.63. The Kier molecular flexibility index (Phi) is 6.24. The number of carboxylic acids is 1. The Morgan fingerprint density at radius 2 is 1.84 bits per heavy atom. The van der Waals surface area contributed by atoms with Crippen LogP contribution in [0.2, 0.25) is 0 Å². The van der Waals surface area contributed by atoms with Crippen molar-refractivity contribution in [1.82, 2.24) is 9.88 Å². The minimum Gasteiger partial charge on any atom is -0.503 e. The molecule has 0 saturated carbocycles. The van der Waals surface area contributed by atoms with E-state index in [1.807, 2.05) is 0 Å². The fraction of sp³-hybridized carbons (Fsp3) is 0.227. The predicted octanol–water partition coefficient (Wildman–Crippen LogP) is 3.46. The van der Waals surface area contributed by atoms with Gasteiger partial charge < -0.3 is 15.5 Å². The number of phenolic OH excluding ortho intramolecular Hbond substituents is 1. The number of nitrogens with one attached hydrogen (secondary N) is 1. The predicted molar refractivity (Wildman–Crippen MR) is 108 cm³/mol. The van der Waals surface area contributed by atoms with Crippen LogP contribution >= 0.6 is 0 Å². The van der Waals surface area contributed by atoms with Crippen LogP contribution in [0.3, 0.4) is 0 Å². The van der Waals surface area contributed by atoms with Crippen molar-refractivity contribution in [2.45, 2.75) is 26.2 Å². The number of halogens is 3. The van der Waals surface area contributed by atoms with E-state index in [2.05, 4.69) is 5.32 Å². The lowest BCUT2D eigenvalue weighted by Crippen LogP contribution is -2.30. The molecule has 3 aromatic rings. The first-order chi connectivity index (χ1) is 15.0. The molecule has 0 bridgehead atoms. The highest BCUT2D eigenvalue weighted by Gasteiger charge is 2.30. The zero-order valence-corrected chi connectivity index (χ0v) is 17.1. The summed E-state index contributed by atoms with van der Waals surface area (Å²) in [5, 5.41) is 20.6. The number of aromatic hydroxyl groups is 1. The molecule has 3 N–H and O–H groups in total. The van der Waals surface area contributed by atoms with Gasteiger partial charge in [-0.2, -0.15) is 0 Å². The number of aromatic nitrogens is 1. The molecule has 7 nitrogen and oxygen atoms in total. The van der Waals surface area contributed by atoms with Crippen LogP contribution in [0.5, 0.6) is 5.75 Å². The smallest absolute Gasteiger partial charge is 0.305 e. The summed E-state index contributed by atoms with van der Waals surface area (Å²) in [6, 6.07) is 5.48. The van der Waals surface area contributed by atoms with Crippen molar-refractivity contribution in [2.75, 3.05) is 6.54 Å². The molecule has 2 aromatic carbocycles. The number of fused-ring (bicyclic) bond motifs is 1. The topological polar surface area (TPSA) is 109 Å². The summed E-state index contributed by atoms with van der Waals surface area (Å²) in [6.07, 6.45) is -0.336. The van der Waals surface area contributed by atoms with Crippen LogP contribution < -0.4 is 5.32 Å². The van der Waals surface area contributed by atoms with Crippen molar-refractivity contribution < 1.29 is 37.8 Å². The maximum atomic E-state index is 14.9. The molecule has 0 spiro atoms. The van der Waals surface area contributed by atoms with E-state index in [4.69, 9.17) is 5.11 Å². The molecule has 1 amide bonds. The lowest BCUT2D eigenvalue weighted by molar-refractivity contribution is -0.136. The van der Waals surface area contributed by atoms with Gasteiger partial charge in [-0.15, -0.1) is 0 Å². The van der Waals surface area contributed by atoms with Gasteiger partial charge in [0, 0.05) is 29.3 Å². The normalized spacial score (nSPS) is 12.0. The summed E-state index contributed by atoms with van der Waals surface area (Å²) in [4.78, 5) is 36.4. The molecule has 32 heavy (non-hydrogen) atoms. The zero-order valence-electron chi connectivity index (χ0n) is 17.1. The standard InChI is InChI=1S/C22H19F3N2O5/c1-10(21(31)26-7-6-16(28)29)17-11(2)27(22(32)12-4-3-5-13(23)8-12)15-9-14(24)20(30)19(25)18(15)17/h3-5,8-10,30H,6-7H2,1-2H3,(H,26,31)(H,28,29)/t10-/m0/s1. The quantitative estimate of drug-likeness (QED) is 0.535. The molecule has 1 heterocycles. The Morgan fingerprint density at radius 1 is 1.16 bits per heavy atom. The van der Waals surface area contributed by atoms with Gasteiger partial charge in [-0.3, -0.25) is 19.0 Å². The lowest BCUT2D eigenvalue weighted by atomic mass is 9.96. The second-order valence-electron chi connectivity index (χ2n) is 7.22. The van der Waals surface area contributed by atoms with E-state index in [-0.39, 0.29) is 40.7 Å². The first-order valence-electron chi connectivity index (χ1n) is 9.56. The van der Waals surface area contributed by atoms with Crippen LogP contribution in [-0.2, 0) is 9.59 Å². The van der Waals surface area contributed by atoms with Crippen molar-refractivity contribution in [2.24, 2.45) is 0 Å². The van der Waals surface area contributed by atoms with Gasteiger partial charge in [0.05, 0.1) is 17.9 Å². The summed E-state index contributed by atoms with van der Waals surface area (Å²) in [5.74, 6) is -8.29. The molecular weight excluding hydrogens is 429 g/mol. The van der Waals surface area contributed by atoms with Crippen molar-refractivity contribution in [3.8, 4) is 5.75 Å². The van der Waals surface area contributed by atoms with Crippen LogP contribution in [0.4, 0.5) is 13.2 Å². The van der Waals surface area contributed by atoms with Gasteiger partial charge in [0.25, 0.3) is 5.91 Å². The van der Waals surface area contributed by atoms with Crippen LogP contribution in [0.25, 0.3) is 10.9 Å². The average Bonchev–Trinajstić information content (AvgIpc) is 3.02. The first kappa shape index (κ1) is 22.9. The monoisotopic (exact) mass is 448 g/mol. The van der Waals surface area contributed by atoms with Crippen molar-refractivity contribution in [3.05, 3.63) is 64.6 Å². The molecule has 0 fully saturated rings. The van der Waals surface area contributed by atoms with Gasteiger partial charge in [-0.25, -0.2) is 13.2 Å². The largest absolute Gasteiger partial charge is 0.503 e. The fourth-order valence-corrected chi connectivity index (χ4v) is 3.63. The zero-order chi connectivity index (χ0) is 23.7. The molecule has 0 saturated heterocycles. The molecule has 0 aliphatic heterocycles. The number of nitrogens with zero attached hydrogens (tertiary/aromatic N) is 1. The van der Waals surface area contributed by atoms with E-state index >= 15 is 0 Å². The molecular formula is C22H19F3N2O5. The van der Waals surface area contributed by atoms with E-state index in [0.717, 1.165) is 22.8 Å². The molecule has 1 aromatic heterocycles. The number of carbonyl (C=O) groups excluding carboxylic acids is 2. The van der Waals surface area contributed by atoms with Crippen molar-refractivity contribution >= 4 is 28.7 Å². The minimum atomic E-state index is -1.35. The number of rotatable bonds is 6. The van der Waals surface area contributed by atoms with Gasteiger partial charge in [0.2, 0.25) is 5.91 Å². The summed E-state index contributed by atoms with van der Waals surface area (Å²) in [6.45, 7) is 2.62. The highest BCUT2D eigenvalue weighted by Crippen LogP contribution is 2.38. The second kappa shape index (κ2) is 8.74. The number of benzene rings is 2. The van der Waals surface area contributed by atoms with Gasteiger partial charge in [-0.05, 0) is 37.6 Å². The van der Waals surface area contributed by atoms with Crippen LogP contribution in [0, 0.1) is 24.4 Å². The Hall–Kier alpha value is -3.82. The lowest BCUT2D eigenvalue weighted by Gasteiger charge is -2.13. The van der Waals surface area contributed by atoms with E-state index in [1.165, 1.54) is 26.0 Å². The van der Waals surface area contributed by atoms with E-state index in [9.17, 15) is 32.7 Å². The number of hydrogen-bond donors (Lipinski definition) is 3. The summed E-state index contributed by atoms with van der Waals surface area (Å²) in [5.41, 5.74) is -0.252. The number of phenols is 1. The first-order valence-corrected chi connectivity index (χ1v) is 9.56. The second-order valence-corrected chi connectivity index (χ2v) is 7.22. The summed E-state index contributed by atoms with van der Waals surface area (Å²) >= 11 is 0. The average molecular weight is 448 g/mol. The van der Waals surface area contributed by atoms with Gasteiger partial charge in [0.1, 0.15) is 5.82 Å². The third kappa shape index (κ3) is 4.03. The molecule has 3 rings (SSSR count). The van der Waals surface area contributed by atoms with E-state index in [1.54, 1.807) is 0 Å². The summed E-state index contributed by atoms with van der Waals surface area (Å²) in [7, 11) is 0. The Balaban J connectivity index is 2.20. The molecule has 0 unspecified atom stereocenters. The Labute approximate surface area is 180 Å². The molecule has 1 atom stereocenters. The van der Waals surface area contributed by atoms with Crippen molar-refractivity contribution in [3.63, 3.8) is 0 Å². The number of hydrogen-bond acceptors (Lipinski definition) is 4. The van der Waals surface area contributed by atoms with Crippen LogP contribution in [0.15, 0.2) is 30.3 Å². The van der Waals surface area contributed by atoms with Crippen molar-refractivity contribution in [1.29, 1.82) is 0 Å². The van der Waals surface area contributed by atoms with Crippen LogP contribution in [0.1, 0.15) is 40.9 Å². The maximum absolute atomic E-state index is 14.9. The maximum Gasteiger partial charge on any atom is 0.305 e. The van der Waals surface area contributed by atoms with Crippen LogP contribution in [-0.4, -0.2) is 39.1 Å². The third-order valence-electron chi connectivity index (χ3n) is 5.15. The SMILES string of the molecule is Cc1c([C@H](C)C(=O)NCCC(=O)O)c2c(F)c(O)c(F)cc2n1C(=O)c1cccc(F)c1. The molecule has 0 aliphatic rings. The molecule has 0 radical (unpaired) electrons. The Bertz CT molecular complexity index is 1250. The number of amides is 1. The highest BCUT2D eigenvalue weighted by molar-refractivity contribution is 6.05. The number of carbonyl (C=O) groups is 3. The molecule has 0 aliphatic carbocycles. The third-order valence-corrected chi connectivity index (χ3v) is 5.15. The van der Waals surface area contributed by atoms with E-state index < -0.39 is 46.9 Å². The minimum absolute atomic E-state index is 0.00498. The van der Waals surface area contributed by atoms with Gasteiger partial charge >= 0.3 is 5.97 Å².